The van der Waals surface area contributed by atoms with E-state index >= 15 is 0 Å². The van der Waals surface area contributed by atoms with Crippen LogP contribution in [0.3, 0.4) is 0 Å². The summed E-state index contributed by atoms with van der Waals surface area (Å²) in [6.45, 7) is 3.87. The standard InChI is InChI=1S/C13H17ClN4O/c14-12-10-11(16-17-15)4-5-13(12)19-9-8-18-6-2-1-3-7-18/h4-5,10H,1-3,6-9H2. The number of ether oxygens (including phenoxy) is 1. The number of hydrogen-bond acceptors (Lipinski definition) is 3. The largest absolute Gasteiger partial charge is 0.491 e. The van der Waals surface area contributed by atoms with Crippen LogP contribution in [0, 0.1) is 0 Å². The van der Waals surface area contributed by atoms with Crippen molar-refractivity contribution in [1.82, 2.24) is 4.90 Å². The summed E-state index contributed by atoms with van der Waals surface area (Å²) in [6, 6.07) is 5.04. The molecule has 102 valence electrons. The fraction of sp³-hybridized carbons (Fsp3) is 0.538. The van der Waals surface area contributed by atoms with Crippen LogP contribution in [0.25, 0.3) is 10.4 Å². The van der Waals surface area contributed by atoms with E-state index in [1.165, 1.54) is 19.3 Å². The summed E-state index contributed by atoms with van der Waals surface area (Å²) in [5, 5.41) is 3.97. The molecule has 0 amide bonds. The lowest BCUT2D eigenvalue weighted by Gasteiger charge is -2.26. The SMILES string of the molecule is [N-]=[N+]=Nc1ccc(OCCN2CCCCC2)c(Cl)c1. The lowest BCUT2D eigenvalue weighted by atomic mass is 10.1. The molecular formula is C13H17ClN4O. The number of azide groups is 1. The zero-order valence-electron chi connectivity index (χ0n) is 10.8. The minimum absolute atomic E-state index is 0.476. The number of hydrogen-bond donors (Lipinski definition) is 0. The fourth-order valence-electron chi connectivity index (χ4n) is 2.19. The number of benzene rings is 1. The molecule has 2 rings (SSSR count). The van der Waals surface area contributed by atoms with Gasteiger partial charge in [-0.25, -0.2) is 0 Å². The second-order valence-corrected chi connectivity index (χ2v) is 4.96. The van der Waals surface area contributed by atoms with Gasteiger partial charge in [-0.1, -0.05) is 23.1 Å². The van der Waals surface area contributed by atoms with Crippen molar-refractivity contribution in [3.63, 3.8) is 0 Å². The number of rotatable bonds is 5. The molecule has 0 radical (unpaired) electrons. The Kier molecular flexibility index (Phi) is 5.33. The lowest BCUT2D eigenvalue weighted by molar-refractivity contribution is 0.183. The zero-order valence-corrected chi connectivity index (χ0v) is 11.5. The Balaban J connectivity index is 1.83. The van der Waals surface area contributed by atoms with Gasteiger partial charge < -0.3 is 4.74 Å². The molecule has 0 unspecified atom stereocenters. The summed E-state index contributed by atoms with van der Waals surface area (Å²) >= 11 is 6.06. The lowest BCUT2D eigenvalue weighted by Crippen LogP contribution is -2.33. The van der Waals surface area contributed by atoms with E-state index in [4.69, 9.17) is 21.9 Å². The first-order valence-electron chi connectivity index (χ1n) is 6.49. The molecule has 1 saturated heterocycles. The molecule has 0 aliphatic carbocycles. The van der Waals surface area contributed by atoms with Crippen molar-refractivity contribution in [3.05, 3.63) is 33.7 Å². The number of likely N-dealkylation sites (tertiary alicyclic amines) is 1. The molecule has 5 nitrogen and oxygen atoms in total. The molecule has 0 aromatic heterocycles. The first kappa shape index (κ1) is 14.0. The van der Waals surface area contributed by atoms with Crippen LogP contribution in [0.2, 0.25) is 5.02 Å². The van der Waals surface area contributed by atoms with E-state index in [2.05, 4.69) is 14.9 Å². The van der Waals surface area contributed by atoms with Crippen LogP contribution in [0.5, 0.6) is 5.75 Å². The predicted octanol–water partition coefficient (Wildman–Crippen LogP) is 4.15. The van der Waals surface area contributed by atoms with Gasteiger partial charge in [0, 0.05) is 17.1 Å². The Morgan fingerprint density at radius 1 is 1.32 bits per heavy atom. The summed E-state index contributed by atoms with van der Waals surface area (Å²) in [7, 11) is 0. The van der Waals surface area contributed by atoms with Gasteiger partial charge in [-0.15, -0.1) is 0 Å². The second kappa shape index (κ2) is 7.24. The Bertz CT molecular complexity index is 468. The fourth-order valence-corrected chi connectivity index (χ4v) is 2.42. The van der Waals surface area contributed by atoms with E-state index in [-0.39, 0.29) is 0 Å². The third kappa shape index (κ3) is 4.31. The molecular weight excluding hydrogens is 264 g/mol. The van der Waals surface area contributed by atoms with Crippen LogP contribution in [0.15, 0.2) is 23.3 Å². The molecule has 0 N–H and O–H groups in total. The van der Waals surface area contributed by atoms with E-state index in [9.17, 15) is 0 Å². The van der Waals surface area contributed by atoms with Gasteiger partial charge >= 0.3 is 0 Å². The van der Waals surface area contributed by atoms with E-state index in [1.807, 2.05) is 0 Å². The van der Waals surface area contributed by atoms with Gasteiger partial charge in [0.05, 0.1) is 5.02 Å². The molecule has 0 saturated carbocycles. The topological polar surface area (TPSA) is 61.2 Å². The number of halogens is 1. The molecule has 0 bridgehead atoms. The van der Waals surface area contributed by atoms with Gasteiger partial charge in [0.1, 0.15) is 12.4 Å². The quantitative estimate of drug-likeness (QED) is 0.462. The van der Waals surface area contributed by atoms with Gasteiger partial charge in [-0.3, -0.25) is 4.90 Å². The Morgan fingerprint density at radius 3 is 2.79 bits per heavy atom. The molecule has 1 heterocycles. The van der Waals surface area contributed by atoms with Gasteiger partial charge in [-0.05, 0) is 49.7 Å². The summed E-state index contributed by atoms with van der Waals surface area (Å²) < 4.78 is 5.66. The third-order valence-electron chi connectivity index (χ3n) is 3.19. The van der Waals surface area contributed by atoms with Crippen molar-refractivity contribution < 1.29 is 4.74 Å². The van der Waals surface area contributed by atoms with Crippen molar-refractivity contribution in [2.24, 2.45) is 5.11 Å². The van der Waals surface area contributed by atoms with Crippen molar-refractivity contribution in [1.29, 1.82) is 0 Å². The molecule has 0 spiro atoms. The summed E-state index contributed by atoms with van der Waals surface area (Å²) in [6.07, 6.45) is 3.90. The maximum atomic E-state index is 8.34. The average molecular weight is 281 g/mol. The van der Waals surface area contributed by atoms with E-state index in [1.54, 1.807) is 18.2 Å². The summed E-state index contributed by atoms with van der Waals surface area (Å²) in [5.41, 5.74) is 8.84. The van der Waals surface area contributed by atoms with Crippen LogP contribution in [-0.2, 0) is 0 Å². The van der Waals surface area contributed by atoms with Crippen molar-refractivity contribution in [2.75, 3.05) is 26.2 Å². The van der Waals surface area contributed by atoms with Gasteiger partial charge in [-0.2, -0.15) is 0 Å². The van der Waals surface area contributed by atoms with Crippen LogP contribution in [0.4, 0.5) is 5.69 Å². The molecule has 1 aliphatic rings. The van der Waals surface area contributed by atoms with Gasteiger partial charge in [0.25, 0.3) is 0 Å². The third-order valence-corrected chi connectivity index (χ3v) is 3.48. The van der Waals surface area contributed by atoms with Gasteiger partial charge in [0.15, 0.2) is 0 Å². The maximum absolute atomic E-state index is 8.34. The highest BCUT2D eigenvalue weighted by Crippen LogP contribution is 2.29. The van der Waals surface area contributed by atoms with Crippen molar-refractivity contribution in [3.8, 4) is 5.75 Å². The average Bonchev–Trinajstić information content (AvgIpc) is 2.43. The molecule has 19 heavy (non-hydrogen) atoms. The smallest absolute Gasteiger partial charge is 0.137 e. The molecule has 0 atom stereocenters. The first-order valence-corrected chi connectivity index (χ1v) is 6.87. The highest BCUT2D eigenvalue weighted by atomic mass is 35.5. The molecule has 1 aromatic carbocycles. The first-order chi connectivity index (χ1) is 9.29. The minimum Gasteiger partial charge on any atom is -0.491 e. The minimum atomic E-state index is 0.476. The Morgan fingerprint density at radius 2 is 2.11 bits per heavy atom. The second-order valence-electron chi connectivity index (χ2n) is 4.55. The molecule has 1 aromatic rings. The summed E-state index contributed by atoms with van der Waals surface area (Å²) in [5.74, 6) is 0.635. The van der Waals surface area contributed by atoms with Crippen LogP contribution in [0.1, 0.15) is 19.3 Å². The Labute approximate surface area is 117 Å². The van der Waals surface area contributed by atoms with Gasteiger partial charge in [0.2, 0.25) is 0 Å². The highest BCUT2D eigenvalue weighted by Gasteiger charge is 2.10. The molecule has 6 heteroatoms. The van der Waals surface area contributed by atoms with Crippen LogP contribution >= 0.6 is 11.6 Å². The van der Waals surface area contributed by atoms with E-state index in [0.717, 1.165) is 19.6 Å². The molecule has 1 aliphatic heterocycles. The Hall–Kier alpha value is -1.42. The van der Waals surface area contributed by atoms with E-state index in [0.29, 0.717) is 23.1 Å². The highest BCUT2D eigenvalue weighted by molar-refractivity contribution is 6.32. The summed E-state index contributed by atoms with van der Waals surface area (Å²) in [4.78, 5) is 5.13. The zero-order chi connectivity index (χ0) is 13.5. The van der Waals surface area contributed by atoms with E-state index < -0.39 is 0 Å². The van der Waals surface area contributed by atoms with Crippen molar-refractivity contribution >= 4 is 17.3 Å². The predicted molar refractivity (Wildman–Crippen MR) is 76.0 cm³/mol. The number of piperidine rings is 1. The molecule has 1 fully saturated rings. The monoisotopic (exact) mass is 280 g/mol. The van der Waals surface area contributed by atoms with Crippen LogP contribution < -0.4 is 4.74 Å². The normalized spacial score (nSPS) is 15.8. The van der Waals surface area contributed by atoms with Crippen LogP contribution in [-0.4, -0.2) is 31.1 Å². The maximum Gasteiger partial charge on any atom is 0.137 e. The number of nitrogens with zero attached hydrogens (tertiary/aromatic N) is 4. The van der Waals surface area contributed by atoms with Crippen molar-refractivity contribution in [2.45, 2.75) is 19.3 Å².